The minimum atomic E-state index is -3.82. The highest BCUT2D eigenvalue weighted by molar-refractivity contribution is 7.92. The van der Waals surface area contributed by atoms with E-state index in [0.717, 1.165) is 0 Å². The van der Waals surface area contributed by atoms with E-state index < -0.39 is 27.2 Å². The van der Waals surface area contributed by atoms with Crippen molar-refractivity contribution in [1.29, 1.82) is 0 Å². The van der Waals surface area contributed by atoms with Gasteiger partial charge in [-0.2, -0.15) is 0 Å². The van der Waals surface area contributed by atoms with E-state index in [1.54, 1.807) is 11.5 Å². The van der Waals surface area contributed by atoms with E-state index >= 15 is 0 Å². The molecule has 0 bridgehead atoms. The van der Waals surface area contributed by atoms with Crippen LogP contribution in [-0.2, 0) is 23.2 Å². The Labute approximate surface area is 182 Å². The molecule has 4 rings (SSSR count). The van der Waals surface area contributed by atoms with Gasteiger partial charge in [0.2, 0.25) is 0 Å². The summed E-state index contributed by atoms with van der Waals surface area (Å²) in [6.45, 7) is 1.60. The number of fused-ring (bicyclic) bond motifs is 1. The Morgan fingerprint density at radius 2 is 1.94 bits per heavy atom. The molecule has 0 aliphatic carbocycles. The number of halogens is 1. The molecule has 3 aromatic rings. The van der Waals surface area contributed by atoms with Crippen LogP contribution >= 0.6 is 0 Å². The van der Waals surface area contributed by atoms with Crippen LogP contribution < -0.4 is 14.2 Å². The highest BCUT2D eigenvalue weighted by atomic mass is 32.2. The Morgan fingerprint density at radius 3 is 2.53 bits per heavy atom. The van der Waals surface area contributed by atoms with Gasteiger partial charge < -0.3 is 19.6 Å². The maximum absolute atomic E-state index is 12.6. The predicted molar refractivity (Wildman–Crippen MR) is 112 cm³/mol. The average molecular weight is 462 g/mol. The van der Waals surface area contributed by atoms with E-state index in [9.17, 15) is 22.9 Å². The fourth-order valence-electron chi connectivity index (χ4n) is 3.18. The largest absolute Gasteiger partial charge is 0.489 e. The first-order valence-electron chi connectivity index (χ1n) is 9.49. The van der Waals surface area contributed by atoms with E-state index in [2.05, 4.69) is 9.71 Å². The fourth-order valence-corrected chi connectivity index (χ4v) is 4.24. The van der Waals surface area contributed by atoms with Crippen LogP contribution in [0.4, 0.5) is 15.9 Å². The summed E-state index contributed by atoms with van der Waals surface area (Å²) in [7, 11) is -3.82. The molecular formula is C20H19FN4O6S. The monoisotopic (exact) mass is 462 g/mol. The van der Waals surface area contributed by atoms with Crippen molar-refractivity contribution in [2.45, 2.75) is 30.6 Å². The maximum Gasteiger partial charge on any atom is 0.415 e. The number of nitrogens with one attached hydrogen (secondary N) is 1. The first-order valence-corrected chi connectivity index (χ1v) is 11.0. The second kappa shape index (κ2) is 8.11. The third-order valence-electron chi connectivity index (χ3n) is 4.80. The SMILES string of the molecule is C[C@]1(COc2ccc(S(=O)(=O)Nc3ccc(CF)cc3)cc2)Cn2cc([N+](=O)[O-])nc2O1. The quantitative estimate of drug-likeness (QED) is 0.402. The first-order chi connectivity index (χ1) is 15.2. The van der Waals surface area contributed by atoms with E-state index in [4.69, 9.17) is 9.47 Å². The summed E-state index contributed by atoms with van der Waals surface area (Å²) in [6.07, 6.45) is 1.30. The highest BCUT2D eigenvalue weighted by Gasteiger charge is 2.41. The van der Waals surface area contributed by atoms with E-state index in [0.29, 0.717) is 23.5 Å². The molecule has 168 valence electrons. The van der Waals surface area contributed by atoms with Gasteiger partial charge in [0.15, 0.2) is 5.60 Å². The van der Waals surface area contributed by atoms with Crippen molar-refractivity contribution in [3.05, 3.63) is 70.4 Å². The van der Waals surface area contributed by atoms with Crippen LogP contribution in [0.25, 0.3) is 0 Å². The molecule has 0 fully saturated rings. The van der Waals surface area contributed by atoms with Crippen LogP contribution in [0.1, 0.15) is 12.5 Å². The number of hydrogen-bond acceptors (Lipinski definition) is 7. The van der Waals surface area contributed by atoms with Crippen LogP contribution in [0.15, 0.2) is 59.6 Å². The van der Waals surface area contributed by atoms with Crippen molar-refractivity contribution in [2.75, 3.05) is 11.3 Å². The van der Waals surface area contributed by atoms with Gasteiger partial charge in [0.1, 0.15) is 25.2 Å². The van der Waals surface area contributed by atoms with Crippen molar-refractivity contribution in [3.63, 3.8) is 0 Å². The number of nitrogens with zero attached hydrogens (tertiary/aromatic N) is 3. The molecular weight excluding hydrogens is 443 g/mol. The lowest BCUT2D eigenvalue weighted by Gasteiger charge is -2.22. The molecule has 0 saturated carbocycles. The molecule has 32 heavy (non-hydrogen) atoms. The van der Waals surface area contributed by atoms with Gasteiger partial charge in [-0.05, 0) is 53.8 Å². The summed E-state index contributed by atoms with van der Waals surface area (Å²) in [5.74, 6) is 0.142. The third-order valence-corrected chi connectivity index (χ3v) is 6.19. The lowest BCUT2D eigenvalue weighted by molar-refractivity contribution is -0.389. The number of anilines is 1. The van der Waals surface area contributed by atoms with Gasteiger partial charge in [-0.25, -0.2) is 12.8 Å². The molecule has 0 unspecified atom stereocenters. The summed E-state index contributed by atoms with van der Waals surface area (Å²) in [5.41, 5.74) is -0.00191. The lowest BCUT2D eigenvalue weighted by Crippen LogP contribution is -2.38. The zero-order valence-corrected chi connectivity index (χ0v) is 17.7. The summed E-state index contributed by atoms with van der Waals surface area (Å²) >= 11 is 0. The maximum atomic E-state index is 12.6. The van der Waals surface area contributed by atoms with E-state index in [1.807, 2.05) is 0 Å². The first kappa shape index (κ1) is 21.6. The van der Waals surface area contributed by atoms with Crippen LogP contribution in [0.3, 0.4) is 0 Å². The van der Waals surface area contributed by atoms with Gasteiger partial charge in [0.25, 0.3) is 10.0 Å². The molecule has 0 radical (unpaired) electrons. The van der Waals surface area contributed by atoms with Crippen LogP contribution in [-0.4, -0.2) is 35.1 Å². The topological polar surface area (TPSA) is 126 Å². The molecule has 1 aromatic heterocycles. The number of alkyl halides is 1. The van der Waals surface area contributed by atoms with Crippen LogP contribution in [0.5, 0.6) is 11.8 Å². The molecule has 0 amide bonds. The number of ether oxygens (including phenoxy) is 2. The smallest absolute Gasteiger partial charge is 0.415 e. The highest BCUT2D eigenvalue weighted by Crippen LogP contribution is 2.31. The molecule has 2 heterocycles. The van der Waals surface area contributed by atoms with Crippen molar-refractivity contribution in [3.8, 4) is 11.8 Å². The van der Waals surface area contributed by atoms with Gasteiger partial charge in [0, 0.05) is 10.7 Å². The van der Waals surface area contributed by atoms with Crippen molar-refractivity contribution in [1.82, 2.24) is 9.55 Å². The van der Waals surface area contributed by atoms with Crippen LogP contribution in [0, 0.1) is 10.1 Å². The van der Waals surface area contributed by atoms with Gasteiger partial charge in [-0.1, -0.05) is 12.1 Å². The molecule has 0 spiro atoms. The molecule has 1 aliphatic heterocycles. The molecule has 0 saturated heterocycles. The summed E-state index contributed by atoms with van der Waals surface area (Å²) in [5, 5.41) is 10.8. The number of hydrogen-bond donors (Lipinski definition) is 1. The molecule has 10 nitrogen and oxygen atoms in total. The normalized spacial score (nSPS) is 17.4. The number of rotatable bonds is 8. The van der Waals surface area contributed by atoms with Gasteiger partial charge in [-0.15, -0.1) is 0 Å². The Kier molecular flexibility index (Phi) is 5.46. The Balaban J connectivity index is 1.37. The van der Waals surface area contributed by atoms with Crippen molar-refractivity contribution < 1.29 is 27.2 Å². The number of aromatic nitrogens is 2. The zero-order valence-electron chi connectivity index (χ0n) is 16.9. The number of sulfonamides is 1. The Hall–Kier alpha value is -3.67. The molecule has 1 aliphatic rings. The van der Waals surface area contributed by atoms with E-state index in [-0.39, 0.29) is 23.3 Å². The molecule has 12 heteroatoms. The summed E-state index contributed by atoms with van der Waals surface area (Å²) < 4.78 is 53.1. The van der Waals surface area contributed by atoms with Crippen molar-refractivity contribution in [2.24, 2.45) is 0 Å². The van der Waals surface area contributed by atoms with E-state index in [1.165, 1.54) is 54.7 Å². The predicted octanol–water partition coefficient (Wildman–Crippen LogP) is 3.29. The number of nitro groups is 1. The lowest BCUT2D eigenvalue weighted by atomic mass is 10.1. The molecule has 1 atom stereocenters. The van der Waals surface area contributed by atoms with Gasteiger partial charge in [0.05, 0.1) is 11.4 Å². The number of imidazole rings is 1. The van der Waals surface area contributed by atoms with Gasteiger partial charge >= 0.3 is 11.8 Å². The molecule has 2 aromatic carbocycles. The zero-order chi connectivity index (χ0) is 22.9. The van der Waals surface area contributed by atoms with Crippen LogP contribution in [0.2, 0.25) is 0 Å². The minimum absolute atomic E-state index is 0.0372. The third kappa shape index (κ3) is 4.49. The molecule has 1 N–H and O–H groups in total. The van der Waals surface area contributed by atoms with Gasteiger partial charge in [-0.3, -0.25) is 9.29 Å². The van der Waals surface area contributed by atoms with Crippen molar-refractivity contribution >= 4 is 21.5 Å². The minimum Gasteiger partial charge on any atom is -0.489 e. The Morgan fingerprint density at radius 1 is 1.25 bits per heavy atom. The average Bonchev–Trinajstić information content (AvgIpc) is 3.28. The second-order valence-corrected chi connectivity index (χ2v) is 9.20. The number of benzene rings is 2. The summed E-state index contributed by atoms with van der Waals surface area (Å²) in [4.78, 5) is 14.1. The second-order valence-electron chi connectivity index (χ2n) is 7.51. The summed E-state index contributed by atoms with van der Waals surface area (Å²) in [6, 6.07) is 12.0. The fraction of sp³-hybridized carbons (Fsp3) is 0.250. The standard InChI is InChI=1S/C20H19FN4O6S/c1-20(12-24-11-18(25(26)27)22-19(24)31-20)13-30-16-6-8-17(9-7-16)32(28,29)23-15-4-2-14(10-21)3-5-15/h2-9,11,23H,10,12-13H2,1H3/t20-/m1/s1. The Bertz CT molecular complexity index is 1220.